The molecule has 6 heteroatoms. The molecule has 2 fully saturated rings. The van der Waals surface area contributed by atoms with Crippen LogP contribution in [0, 0.1) is 12.3 Å². The maximum atomic E-state index is 13.3. The van der Waals surface area contributed by atoms with Crippen LogP contribution in [0.1, 0.15) is 63.1 Å². The number of aryl methyl sites for hydroxylation is 2. The van der Waals surface area contributed by atoms with Crippen LogP contribution in [0.25, 0.3) is 10.4 Å². The van der Waals surface area contributed by atoms with E-state index < -0.39 is 12.1 Å². The monoisotopic (exact) mass is 440 g/mol. The number of hydrogen-bond acceptors (Lipinski definition) is 5. The summed E-state index contributed by atoms with van der Waals surface area (Å²) in [5.41, 5.74) is 4.75. The van der Waals surface area contributed by atoms with Crippen molar-refractivity contribution in [1.29, 1.82) is 0 Å². The fourth-order valence-corrected chi connectivity index (χ4v) is 5.88. The minimum atomic E-state index is -0.605. The molecule has 31 heavy (non-hydrogen) atoms. The van der Waals surface area contributed by atoms with Gasteiger partial charge in [-0.3, -0.25) is 9.59 Å². The van der Waals surface area contributed by atoms with Crippen molar-refractivity contribution in [1.82, 2.24) is 9.88 Å². The van der Waals surface area contributed by atoms with E-state index in [1.165, 1.54) is 11.3 Å². The van der Waals surface area contributed by atoms with E-state index in [2.05, 4.69) is 29.2 Å². The maximum absolute atomic E-state index is 13.3. The molecule has 166 valence electrons. The van der Waals surface area contributed by atoms with Crippen molar-refractivity contribution in [3.8, 4) is 10.4 Å². The number of ketones is 1. The van der Waals surface area contributed by atoms with Crippen LogP contribution < -0.4 is 0 Å². The number of benzene rings is 1. The van der Waals surface area contributed by atoms with Crippen LogP contribution in [-0.4, -0.2) is 45.4 Å². The fourth-order valence-electron chi connectivity index (χ4n) is 5.07. The summed E-state index contributed by atoms with van der Waals surface area (Å²) in [7, 11) is 0. The molecule has 0 bridgehead atoms. The number of Topliss-reactive ketones (excluding diaryl/α,β-unsaturated/α-hetero) is 1. The smallest absolute Gasteiger partial charge is 0.229 e. The molecular formula is C25H32N2O3S. The third-order valence-corrected chi connectivity index (χ3v) is 7.98. The summed E-state index contributed by atoms with van der Waals surface area (Å²) in [4.78, 5) is 33.5. The van der Waals surface area contributed by atoms with Crippen molar-refractivity contribution in [3.63, 3.8) is 0 Å². The number of aliphatic hydroxyl groups excluding tert-OH is 1. The van der Waals surface area contributed by atoms with Gasteiger partial charge in [0.05, 0.1) is 28.2 Å². The normalized spacial score (nSPS) is 23.1. The molecule has 0 unspecified atom stereocenters. The molecule has 1 saturated carbocycles. The van der Waals surface area contributed by atoms with Gasteiger partial charge in [0.15, 0.2) is 5.78 Å². The van der Waals surface area contributed by atoms with Gasteiger partial charge in [-0.15, -0.1) is 11.3 Å². The Morgan fingerprint density at radius 3 is 2.55 bits per heavy atom. The van der Waals surface area contributed by atoms with Gasteiger partial charge in [0, 0.05) is 24.8 Å². The quantitative estimate of drug-likeness (QED) is 0.715. The van der Waals surface area contributed by atoms with Crippen molar-refractivity contribution in [3.05, 3.63) is 41.0 Å². The lowest BCUT2D eigenvalue weighted by Crippen LogP contribution is -2.48. The van der Waals surface area contributed by atoms with Gasteiger partial charge in [0.1, 0.15) is 0 Å². The average molecular weight is 441 g/mol. The molecule has 2 atom stereocenters. The van der Waals surface area contributed by atoms with Gasteiger partial charge in [-0.1, -0.05) is 50.5 Å². The Balaban J connectivity index is 1.39. The molecule has 4 rings (SSSR count). The van der Waals surface area contributed by atoms with E-state index in [0.29, 0.717) is 19.3 Å². The van der Waals surface area contributed by atoms with Crippen LogP contribution in [0.3, 0.4) is 0 Å². The van der Waals surface area contributed by atoms with E-state index in [0.717, 1.165) is 42.5 Å². The fraction of sp³-hybridized carbons (Fsp3) is 0.560. The molecule has 2 aliphatic rings. The number of β-amino-alcohol motifs (C(OH)–C–C–N with tert-alkyl or cyclic N) is 1. The average Bonchev–Trinajstić information content (AvgIpc) is 3.38. The van der Waals surface area contributed by atoms with Crippen LogP contribution in [0.5, 0.6) is 0 Å². The third-order valence-electron chi connectivity index (χ3n) is 7.01. The number of aliphatic hydroxyl groups is 1. The van der Waals surface area contributed by atoms with Gasteiger partial charge >= 0.3 is 0 Å². The first-order chi connectivity index (χ1) is 14.9. The molecule has 0 radical (unpaired) electrons. The van der Waals surface area contributed by atoms with Crippen molar-refractivity contribution >= 4 is 23.0 Å². The summed E-state index contributed by atoms with van der Waals surface area (Å²) in [5, 5.41) is 10.2. The molecule has 1 aliphatic heterocycles. The third kappa shape index (κ3) is 4.75. The zero-order valence-corrected chi connectivity index (χ0v) is 19.3. The van der Waals surface area contributed by atoms with Gasteiger partial charge in [0.2, 0.25) is 5.91 Å². The van der Waals surface area contributed by atoms with E-state index in [1.807, 2.05) is 19.4 Å². The standard InChI is InChI=1S/C25H32N2O3S/c1-17-23(31-16-26-17)19-9-6-18(7-10-19)8-11-22(29)21-14-20(28)15-27(21)24(30)25(2)12-4-3-5-13-25/h6-7,9-10,16,20-21,28H,3-5,8,11-15H2,1-2H3/t20-,21+/m1/s1. The molecule has 0 spiro atoms. The molecule has 2 heterocycles. The first kappa shape index (κ1) is 22.2. The zero-order chi connectivity index (χ0) is 22.0. The molecule has 1 N–H and O–H groups in total. The topological polar surface area (TPSA) is 70.5 Å². The van der Waals surface area contributed by atoms with Gasteiger partial charge in [-0.2, -0.15) is 0 Å². The maximum Gasteiger partial charge on any atom is 0.229 e. The Labute approximate surface area is 188 Å². The number of amides is 1. The Kier molecular flexibility index (Phi) is 6.58. The Bertz CT molecular complexity index is 930. The number of carbonyl (C=O) groups is 2. The van der Waals surface area contributed by atoms with Crippen molar-refractivity contribution in [2.24, 2.45) is 5.41 Å². The molecule has 1 amide bonds. The molecule has 1 aliphatic carbocycles. The lowest BCUT2D eigenvalue weighted by atomic mass is 9.74. The Morgan fingerprint density at radius 2 is 1.90 bits per heavy atom. The van der Waals surface area contributed by atoms with E-state index in [1.54, 1.807) is 16.2 Å². The predicted molar refractivity (Wildman–Crippen MR) is 123 cm³/mol. The van der Waals surface area contributed by atoms with Crippen LogP contribution in [-0.2, 0) is 16.0 Å². The largest absolute Gasteiger partial charge is 0.391 e. The molecule has 5 nitrogen and oxygen atoms in total. The number of carbonyl (C=O) groups excluding carboxylic acids is 2. The predicted octanol–water partition coefficient (Wildman–Crippen LogP) is 4.55. The highest BCUT2D eigenvalue weighted by Crippen LogP contribution is 2.39. The second-order valence-electron chi connectivity index (χ2n) is 9.41. The number of thiazole rings is 1. The number of nitrogens with zero attached hydrogens (tertiary/aromatic N) is 2. The molecule has 1 aromatic heterocycles. The van der Waals surface area contributed by atoms with Gasteiger partial charge in [-0.05, 0) is 37.3 Å². The highest BCUT2D eigenvalue weighted by molar-refractivity contribution is 7.13. The van der Waals surface area contributed by atoms with Gasteiger partial charge < -0.3 is 10.0 Å². The van der Waals surface area contributed by atoms with E-state index >= 15 is 0 Å². The van der Waals surface area contributed by atoms with Crippen LogP contribution in [0.4, 0.5) is 0 Å². The van der Waals surface area contributed by atoms with Crippen LogP contribution >= 0.6 is 11.3 Å². The summed E-state index contributed by atoms with van der Waals surface area (Å²) in [6, 6.07) is 7.81. The summed E-state index contributed by atoms with van der Waals surface area (Å²) >= 11 is 1.63. The van der Waals surface area contributed by atoms with Crippen LogP contribution in [0.2, 0.25) is 0 Å². The summed E-state index contributed by atoms with van der Waals surface area (Å²) in [6.07, 6.45) is 5.86. The highest BCUT2D eigenvalue weighted by Gasteiger charge is 2.45. The SMILES string of the molecule is Cc1ncsc1-c1ccc(CCC(=O)[C@@H]2C[C@@H](O)CN2C(=O)C2(C)CCCCC2)cc1. The number of hydrogen-bond donors (Lipinski definition) is 1. The van der Waals surface area contributed by atoms with E-state index in [4.69, 9.17) is 0 Å². The van der Waals surface area contributed by atoms with Crippen molar-refractivity contribution in [2.75, 3.05) is 6.54 Å². The number of rotatable bonds is 6. The number of likely N-dealkylation sites (tertiary alicyclic amines) is 1. The Morgan fingerprint density at radius 1 is 1.19 bits per heavy atom. The van der Waals surface area contributed by atoms with Crippen LogP contribution in [0.15, 0.2) is 29.8 Å². The minimum absolute atomic E-state index is 0.0615. The van der Waals surface area contributed by atoms with Crippen molar-refractivity contribution in [2.45, 2.75) is 77.4 Å². The summed E-state index contributed by atoms with van der Waals surface area (Å²) < 4.78 is 0. The van der Waals surface area contributed by atoms with Gasteiger partial charge in [0.25, 0.3) is 0 Å². The number of aromatic nitrogens is 1. The minimum Gasteiger partial charge on any atom is -0.391 e. The molecule has 2 aromatic rings. The molecular weight excluding hydrogens is 408 g/mol. The first-order valence-electron chi connectivity index (χ1n) is 11.4. The molecule has 1 saturated heterocycles. The first-order valence-corrected chi connectivity index (χ1v) is 12.3. The van der Waals surface area contributed by atoms with E-state index in [-0.39, 0.29) is 23.7 Å². The second kappa shape index (κ2) is 9.21. The molecule has 1 aromatic carbocycles. The summed E-state index contributed by atoms with van der Waals surface area (Å²) in [6.45, 7) is 4.33. The second-order valence-corrected chi connectivity index (χ2v) is 10.3. The Hall–Kier alpha value is -2.05. The van der Waals surface area contributed by atoms with Crippen molar-refractivity contribution < 1.29 is 14.7 Å². The van der Waals surface area contributed by atoms with E-state index in [9.17, 15) is 14.7 Å². The zero-order valence-electron chi connectivity index (χ0n) is 18.5. The lowest BCUT2D eigenvalue weighted by Gasteiger charge is -2.37. The highest BCUT2D eigenvalue weighted by atomic mass is 32.1. The summed E-state index contributed by atoms with van der Waals surface area (Å²) in [5.74, 6) is 0.123. The van der Waals surface area contributed by atoms with Gasteiger partial charge in [-0.25, -0.2) is 4.98 Å². The lowest BCUT2D eigenvalue weighted by molar-refractivity contribution is -0.147.